The smallest absolute Gasteiger partial charge is 0.338 e. The average Bonchev–Trinajstić information content (AvgIpc) is 3.12. The quantitative estimate of drug-likeness (QED) is 0.205. The summed E-state index contributed by atoms with van der Waals surface area (Å²) in [6, 6.07) is 12.8. The third-order valence-electron chi connectivity index (χ3n) is 5.30. The van der Waals surface area contributed by atoms with Crippen LogP contribution in [0.15, 0.2) is 76.2 Å². The number of carbonyl (C=O) groups is 1. The van der Waals surface area contributed by atoms with Crippen molar-refractivity contribution >= 4 is 68.6 Å². The van der Waals surface area contributed by atoms with Gasteiger partial charge in [0, 0.05) is 0 Å². The van der Waals surface area contributed by atoms with Crippen LogP contribution in [0.4, 0.5) is 0 Å². The molecule has 0 N–H and O–H groups in total. The van der Waals surface area contributed by atoms with Gasteiger partial charge in [0.15, 0.2) is 4.80 Å². The van der Waals surface area contributed by atoms with Gasteiger partial charge in [-0.2, -0.15) is 0 Å². The highest BCUT2D eigenvalue weighted by atomic mass is 127. The summed E-state index contributed by atoms with van der Waals surface area (Å²) in [6.07, 6.45) is 3.56. The van der Waals surface area contributed by atoms with Gasteiger partial charge < -0.3 is 9.47 Å². The maximum atomic E-state index is 13.7. The lowest BCUT2D eigenvalue weighted by Crippen LogP contribution is -2.39. The molecule has 6 nitrogen and oxygen atoms in total. The molecular weight excluding hydrogens is 690 g/mol. The van der Waals surface area contributed by atoms with Crippen molar-refractivity contribution in [3.05, 3.63) is 104 Å². The summed E-state index contributed by atoms with van der Waals surface area (Å²) in [7, 11) is 0. The number of hydrogen-bond donors (Lipinski definition) is 0. The van der Waals surface area contributed by atoms with E-state index in [1.165, 1.54) is 11.3 Å². The Morgan fingerprint density at radius 1 is 1.23 bits per heavy atom. The number of hydrogen-bond acceptors (Lipinski definition) is 6. The van der Waals surface area contributed by atoms with Gasteiger partial charge in [0.05, 0.1) is 35.6 Å². The van der Waals surface area contributed by atoms with Gasteiger partial charge in [-0.05, 0) is 88.4 Å². The Bertz CT molecular complexity index is 1480. The van der Waals surface area contributed by atoms with E-state index < -0.39 is 12.0 Å². The molecule has 35 heavy (non-hydrogen) atoms. The molecule has 180 valence electrons. The van der Waals surface area contributed by atoms with Gasteiger partial charge >= 0.3 is 5.97 Å². The van der Waals surface area contributed by atoms with Crippen molar-refractivity contribution in [3.63, 3.8) is 0 Å². The fourth-order valence-electron chi connectivity index (χ4n) is 3.84. The predicted molar refractivity (Wildman–Crippen MR) is 154 cm³/mol. The third-order valence-corrected chi connectivity index (χ3v) is 7.88. The summed E-state index contributed by atoms with van der Waals surface area (Å²) >= 11 is 5.77. The lowest BCUT2D eigenvalue weighted by atomic mass is 9.96. The van der Waals surface area contributed by atoms with Gasteiger partial charge in [0.25, 0.3) is 5.56 Å². The van der Waals surface area contributed by atoms with Crippen molar-refractivity contribution in [3.8, 4) is 5.75 Å². The molecule has 0 radical (unpaired) electrons. The van der Waals surface area contributed by atoms with Crippen molar-refractivity contribution in [1.29, 1.82) is 0 Å². The highest BCUT2D eigenvalue weighted by Gasteiger charge is 2.33. The van der Waals surface area contributed by atoms with E-state index in [2.05, 4.69) is 56.8 Å². The van der Waals surface area contributed by atoms with E-state index in [-0.39, 0.29) is 12.2 Å². The van der Waals surface area contributed by atoms with E-state index >= 15 is 0 Å². The zero-order valence-electron chi connectivity index (χ0n) is 19.1. The van der Waals surface area contributed by atoms with Crippen LogP contribution in [-0.2, 0) is 9.53 Å². The molecule has 1 aliphatic heterocycles. The lowest BCUT2D eigenvalue weighted by Gasteiger charge is -2.24. The normalized spacial score (nSPS) is 15.4. The Balaban J connectivity index is 1.88. The first-order chi connectivity index (χ1) is 16.8. The molecule has 0 spiro atoms. The largest absolute Gasteiger partial charge is 0.487 e. The van der Waals surface area contributed by atoms with Crippen LogP contribution in [-0.4, -0.2) is 23.8 Å². The van der Waals surface area contributed by atoms with Crippen LogP contribution in [0.2, 0.25) is 0 Å². The van der Waals surface area contributed by atoms with E-state index in [4.69, 9.17) is 9.47 Å². The second-order valence-electron chi connectivity index (χ2n) is 7.63. The molecule has 1 atom stereocenters. The zero-order valence-corrected chi connectivity index (χ0v) is 24.2. The molecule has 1 unspecified atom stereocenters. The van der Waals surface area contributed by atoms with Crippen LogP contribution in [0.1, 0.15) is 31.0 Å². The van der Waals surface area contributed by atoms with Crippen molar-refractivity contribution in [2.75, 3.05) is 13.2 Å². The second kappa shape index (κ2) is 11.2. The van der Waals surface area contributed by atoms with Crippen LogP contribution in [0.25, 0.3) is 6.08 Å². The van der Waals surface area contributed by atoms with Crippen LogP contribution < -0.4 is 19.6 Å². The van der Waals surface area contributed by atoms with Gasteiger partial charge in [0.2, 0.25) is 0 Å². The average molecular weight is 712 g/mol. The maximum absolute atomic E-state index is 13.7. The van der Waals surface area contributed by atoms with Gasteiger partial charge in [-0.15, -0.1) is 0 Å². The van der Waals surface area contributed by atoms with Crippen LogP contribution in [0, 0.1) is 7.14 Å². The molecule has 2 heterocycles. The predicted octanol–water partition coefficient (Wildman–Crippen LogP) is 4.57. The molecule has 2 aromatic carbocycles. The number of carbonyl (C=O) groups excluding carboxylic acids is 1. The van der Waals surface area contributed by atoms with Crippen molar-refractivity contribution in [1.82, 2.24) is 4.57 Å². The summed E-state index contributed by atoms with van der Waals surface area (Å²) in [5.74, 6) is 0.333. The molecule has 1 aromatic heterocycles. The molecule has 0 saturated carbocycles. The highest BCUT2D eigenvalue weighted by molar-refractivity contribution is 14.1. The van der Waals surface area contributed by atoms with Gasteiger partial charge in [-0.1, -0.05) is 54.3 Å². The first kappa shape index (κ1) is 25.8. The number of thiazole rings is 1. The molecule has 0 aliphatic carbocycles. The summed E-state index contributed by atoms with van der Waals surface area (Å²) in [4.78, 5) is 31.8. The SMILES string of the molecule is C=CCOc1c(I)cc(C=c2sc3n(c2=O)C(c2ccccc2)C(C(=O)OCC)=C(C)N=3)cc1I. The molecule has 0 bridgehead atoms. The third kappa shape index (κ3) is 5.31. The summed E-state index contributed by atoms with van der Waals surface area (Å²) in [6.45, 7) is 7.90. The van der Waals surface area contributed by atoms with Gasteiger partial charge in [-0.25, -0.2) is 9.79 Å². The van der Waals surface area contributed by atoms with Crippen molar-refractivity contribution in [2.45, 2.75) is 19.9 Å². The molecule has 4 rings (SSSR count). The Labute approximate surface area is 234 Å². The Kier molecular flexibility index (Phi) is 8.27. The number of rotatable bonds is 7. The number of fused-ring (bicyclic) bond motifs is 1. The lowest BCUT2D eigenvalue weighted by molar-refractivity contribution is -0.139. The topological polar surface area (TPSA) is 69.9 Å². The molecular formula is C26H22I2N2O4S. The Morgan fingerprint density at radius 2 is 1.91 bits per heavy atom. The molecule has 3 aromatic rings. The monoisotopic (exact) mass is 712 g/mol. The zero-order chi connectivity index (χ0) is 25.1. The van der Waals surface area contributed by atoms with Crippen molar-refractivity contribution < 1.29 is 14.3 Å². The number of aromatic nitrogens is 1. The van der Waals surface area contributed by atoms with E-state index in [0.717, 1.165) is 24.0 Å². The number of esters is 1. The molecule has 0 amide bonds. The Hall–Kier alpha value is -2.25. The minimum absolute atomic E-state index is 0.200. The highest BCUT2D eigenvalue weighted by Crippen LogP contribution is 2.31. The van der Waals surface area contributed by atoms with Gasteiger partial charge in [0.1, 0.15) is 12.4 Å². The maximum Gasteiger partial charge on any atom is 0.338 e. The summed E-state index contributed by atoms with van der Waals surface area (Å²) in [5, 5.41) is 0. The number of allylic oxidation sites excluding steroid dienone is 1. The number of ether oxygens (including phenoxy) is 2. The first-order valence-corrected chi connectivity index (χ1v) is 13.8. The molecule has 0 saturated heterocycles. The van der Waals surface area contributed by atoms with Gasteiger partial charge in [-0.3, -0.25) is 9.36 Å². The standard InChI is InChI=1S/C26H22I2N2O4S/c1-4-11-34-23-18(27)12-16(13-19(23)28)14-20-24(31)30-22(17-9-7-6-8-10-17)21(25(32)33-5-2)15(3)29-26(30)35-20/h4,6-10,12-14,22H,1,5,11H2,2-3H3. The Morgan fingerprint density at radius 3 is 2.54 bits per heavy atom. The minimum atomic E-state index is -0.608. The van der Waals surface area contributed by atoms with Crippen molar-refractivity contribution in [2.24, 2.45) is 4.99 Å². The molecule has 9 heteroatoms. The molecule has 1 aliphatic rings. The first-order valence-electron chi connectivity index (χ1n) is 10.8. The van der Waals surface area contributed by atoms with E-state index in [1.54, 1.807) is 24.5 Å². The fraction of sp³-hybridized carbons (Fsp3) is 0.192. The number of benzene rings is 2. The number of nitrogens with zero attached hydrogens (tertiary/aromatic N) is 2. The summed E-state index contributed by atoms with van der Waals surface area (Å²) in [5.41, 5.74) is 2.44. The fourth-order valence-corrected chi connectivity index (χ4v) is 7.01. The molecule has 0 fully saturated rings. The summed E-state index contributed by atoms with van der Waals surface area (Å²) < 4.78 is 15.1. The minimum Gasteiger partial charge on any atom is -0.487 e. The number of halogens is 2. The van der Waals surface area contributed by atoms with Crippen LogP contribution >= 0.6 is 56.5 Å². The van der Waals surface area contributed by atoms with Crippen LogP contribution in [0.5, 0.6) is 5.75 Å². The van der Waals surface area contributed by atoms with Crippen LogP contribution in [0.3, 0.4) is 0 Å². The van der Waals surface area contributed by atoms with E-state index in [9.17, 15) is 9.59 Å². The second-order valence-corrected chi connectivity index (χ2v) is 11.0. The van der Waals surface area contributed by atoms with E-state index in [1.807, 2.05) is 48.5 Å². The van der Waals surface area contributed by atoms with E-state index in [0.29, 0.717) is 27.2 Å².